The Morgan fingerprint density at radius 2 is 1.79 bits per heavy atom. The van der Waals surface area contributed by atoms with Crippen molar-refractivity contribution in [3.63, 3.8) is 0 Å². The Balaban J connectivity index is 1.76. The van der Waals surface area contributed by atoms with Crippen LogP contribution in [0.1, 0.15) is 27.8 Å². The van der Waals surface area contributed by atoms with Crippen LogP contribution in [0.2, 0.25) is 0 Å². The number of imide groups is 2. The Morgan fingerprint density at radius 3 is 2.52 bits per heavy atom. The molecule has 5 nitrogen and oxygen atoms in total. The van der Waals surface area contributed by atoms with Gasteiger partial charge in [0, 0.05) is 4.47 Å². The number of amides is 4. The molecule has 3 aromatic carbocycles. The first-order chi connectivity index (χ1) is 15.7. The Hall–Kier alpha value is -3.58. The molecule has 1 N–H and O–H groups in total. The van der Waals surface area contributed by atoms with Crippen LogP contribution in [0.15, 0.2) is 70.7 Å². The molecule has 1 aliphatic rings. The van der Waals surface area contributed by atoms with Crippen LogP contribution in [0.3, 0.4) is 0 Å². The fourth-order valence-corrected chi connectivity index (χ4v) is 4.19. The van der Waals surface area contributed by atoms with Crippen molar-refractivity contribution in [1.29, 1.82) is 0 Å². The first kappa shape index (κ1) is 22.6. The summed E-state index contributed by atoms with van der Waals surface area (Å²) in [6.07, 6.45) is 1.87. The van der Waals surface area contributed by atoms with Gasteiger partial charge in [0.15, 0.2) is 0 Å². The maximum atomic E-state index is 13.7. The third-order valence-electron chi connectivity index (χ3n) is 5.39. The summed E-state index contributed by atoms with van der Waals surface area (Å²) in [5.74, 6) is -1.80. The van der Waals surface area contributed by atoms with Gasteiger partial charge in [-0.2, -0.15) is 0 Å². The van der Waals surface area contributed by atoms with Crippen LogP contribution in [0, 0.1) is 19.7 Å². The van der Waals surface area contributed by atoms with E-state index in [9.17, 15) is 18.8 Å². The zero-order valence-electron chi connectivity index (χ0n) is 18.0. The minimum Gasteiger partial charge on any atom is -0.273 e. The molecule has 0 radical (unpaired) electrons. The van der Waals surface area contributed by atoms with E-state index in [1.807, 2.05) is 25.1 Å². The lowest BCUT2D eigenvalue weighted by Crippen LogP contribution is -2.54. The van der Waals surface area contributed by atoms with Gasteiger partial charge in [0.1, 0.15) is 11.4 Å². The van der Waals surface area contributed by atoms with Crippen LogP contribution in [0.25, 0.3) is 6.08 Å². The number of hydrogen-bond donors (Lipinski definition) is 1. The van der Waals surface area contributed by atoms with Crippen molar-refractivity contribution >= 4 is 45.5 Å². The van der Waals surface area contributed by atoms with Crippen molar-refractivity contribution in [3.05, 3.63) is 104 Å². The van der Waals surface area contributed by atoms with E-state index in [2.05, 4.69) is 21.2 Å². The number of halogens is 2. The highest BCUT2D eigenvalue weighted by atomic mass is 79.9. The molecule has 0 unspecified atom stereocenters. The molecule has 0 bridgehead atoms. The number of aryl methyl sites for hydroxylation is 2. The van der Waals surface area contributed by atoms with Gasteiger partial charge in [-0.15, -0.1) is 0 Å². The molecule has 0 spiro atoms. The van der Waals surface area contributed by atoms with Gasteiger partial charge in [-0.25, -0.2) is 14.1 Å². The molecule has 7 heteroatoms. The van der Waals surface area contributed by atoms with Gasteiger partial charge < -0.3 is 0 Å². The van der Waals surface area contributed by atoms with Crippen molar-refractivity contribution in [1.82, 2.24) is 5.32 Å². The van der Waals surface area contributed by atoms with Crippen LogP contribution in [0.5, 0.6) is 0 Å². The third kappa shape index (κ3) is 4.78. The van der Waals surface area contributed by atoms with Gasteiger partial charge in [-0.1, -0.05) is 51.8 Å². The average Bonchev–Trinajstić information content (AvgIpc) is 2.74. The second-order valence-corrected chi connectivity index (χ2v) is 8.81. The zero-order valence-corrected chi connectivity index (χ0v) is 19.6. The van der Waals surface area contributed by atoms with E-state index in [1.165, 1.54) is 18.2 Å². The third-order valence-corrected chi connectivity index (χ3v) is 5.88. The summed E-state index contributed by atoms with van der Waals surface area (Å²) in [5.41, 5.74) is 4.15. The SMILES string of the molecule is Cc1ccc(N2C(=O)NC(=O)/C(=C\c3cc(Br)ccc3Cc3cccc(F)c3)C2=O)c(C)c1. The molecule has 1 saturated heterocycles. The number of hydrogen-bond acceptors (Lipinski definition) is 3. The van der Waals surface area contributed by atoms with Gasteiger partial charge in [0.05, 0.1) is 5.69 Å². The fraction of sp³-hybridized carbons (Fsp3) is 0.115. The summed E-state index contributed by atoms with van der Waals surface area (Å²) in [6.45, 7) is 3.71. The van der Waals surface area contributed by atoms with E-state index in [-0.39, 0.29) is 11.4 Å². The maximum Gasteiger partial charge on any atom is 0.335 e. The molecular weight excluding hydrogens is 487 g/mol. The quantitative estimate of drug-likeness (QED) is 0.377. The van der Waals surface area contributed by atoms with E-state index in [0.717, 1.165) is 31.6 Å². The van der Waals surface area contributed by atoms with Gasteiger partial charge >= 0.3 is 6.03 Å². The minimum absolute atomic E-state index is 0.159. The van der Waals surface area contributed by atoms with Crippen molar-refractivity contribution in [2.45, 2.75) is 20.3 Å². The molecule has 4 rings (SSSR count). The first-order valence-electron chi connectivity index (χ1n) is 10.2. The van der Waals surface area contributed by atoms with Gasteiger partial charge in [0.25, 0.3) is 11.8 Å². The zero-order chi connectivity index (χ0) is 23.7. The summed E-state index contributed by atoms with van der Waals surface area (Å²) < 4.78 is 14.4. The molecule has 1 aliphatic heterocycles. The predicted octanol–water partition coefficient (Wildman–Crippen LogP) is 5.46. The maximum absolute atomic E-state index is 13.7. The van der Waals surface area contributed by atoms with Crippen molar-refractivity contribution in [2.75, 3.05) is 4.90 Å². The second kappa shape index (κ2) is 9.11. The minimum atomic E-state index is -0.789. The molecule has 1 heterocycles. The topological polar surface area (TPSA) is 66.5 Å². The van der Waals surface area contributed by atoms with Crippen LogP contribution in [-0.2, 0) is 16.0 Å². The average molecular weight is 507 g/mol. The Bertz CT molecular complexity index is 1330. The highest BCUT2D eigenvalue weighted by Gasteiger charge is 2.37. The number of nitrogens with zero attached hydrogens (tertiary/aromatic N) is 1. The highest BCUT2D eigenvalue weighted by molar-refractivity contribution is 9.10. The number of rotatable bonds is 4. The van der Waals surface area contributed by atoms with Gasteiger partial charge in [0.2, 0.25) is 0 Å². The molecule has 4 amide bonds. The highest BCUT2D eigenvalue weighted by Crippen LogP contribution is 2.28. The first-order valence-corrected chi connectivity index (χ1v) is 11.0. The number of carbonyl (C=O) groups is 3. The Morgan fingerprint density at radius 1 is 1.00 bits per heavy atom. The smallest absolute Gasteiger partial charge is 0.273 e. The molecule has 0 atom stereocenters. The summed E-state index contributed by atoms with van der Waals surface area (Å²) in [5, 5.41) is 2.26. The molecule has 33 heavy (non-hydrogen) atoms. The Labute approximate surface area is 199 Å². The van der Waals surface area contributed by atoms with Crippen molar-refractivity contribution < 1.29 is 18.8 Å². The molecule has 166 valence electrons. The molecule has 0 saturated carbocycles. The van der Waals surface area contributed by atoms with Gasteiger partial charge in [-0.05, 0) is 78.9 Å². The van der Waals surface area contributed by atoms with Crippen LogP contribution in [-0.4, -0.2) is 17.8 Å². The summed E-state index contributed by atoms with van der Waals surface area (Å²) in [6, 6.07) is 16.3. The summed E-state index contributed by atoms with van der Waals surface area (Å²) >= 11 is 3.42. The second-order valence-electron chi connectivity index (χ2n) is 7.90. The molecule has 3 aromatic rings. The summed E-state index contributed by atoms with van der Waals surface area (Å²) in [7, 11) is 0. The van der Waals surface area contributed by atoms with E-state index >= 15 is 0 Å². The molecule has 0 aliphatic carbocycles. The van der Waals surface area contributed by atoms with E-state index < -0.39 is 17.8 Å². The number of barbiturate groups is 1. The van der Waals surface area contributed by atoms with E-state index in [0.29, 0.717) is 17.7 Å². The van der Waals surface area contributed by atoms with E-state index in [1.54, 1.807) is 37.3 Å². The van der Waals surface area contributed by atoms with Gasteiger partial charge in [-0.3, -0.25) is 14.9 Å². The predicted molar refractivity (Wildman–Crippen MR) is 128 cm³/mol. The standard InChI is InChI=1S/C26H20BrFN2O3/c1-15-6-9-23(16(2)10-15)30-25(32)22(24(31)29-26(30)33)14-19-13-20(27)8-7-18(19)11-17-4-3-5-21(28)12-17/h3-10,12-14H,11H2,1-2H3,(H,29,31,33)/b22-14+. The van der Waals surface area contributed by atoms with Crippen molar-refractivity contribution in [3.8, 4) is 0 Å². The lowest BCUT2D eigenvalue weighted by atomic mass is 9.97. The fourth-order valence-electron chi connectivity index (χ4n) is 3.82. The monoisotopic (exact) mass is 506 g/mol. The van der Waals surface area contributed by atoms with Crippen LogP contribution >= 0.6 is 15.9 Å². The summed E-state index contributed by atoms with van der Waals surface area (Å²) in [4.78, 5) is 39.5. The molecule has 1 fully saturated rings. The molecule has 0 aromatic heterocycles. The lowest BCUT2D eigenvalue weighted by Gasteiger charge is -2.27. The van der Waals surface area contributed by atoms with Crippen LogP contribution in [0.4, 0.5) is 14.9 Å². The van der Waals surface area contributed by atoms with Crippen molar-refractivity contribution in [2.24, 2.45) is 0 Å². The number of benzene rings is 3. The number of anilines is 1. The molecular formula is C26H20BrFN2O3. The van der Waals surface area contributed by atoms with E-state index in [4.69, 9.17) is 0 Å². The Kier molecular flexibility index (Phi) is 6.24. The number of nitrogens with one attached hydrogen (secondary N) is 1. The largest absolute Gasteiger partial charge is 0.335 e. The van der Waals surface area contributed by atoms with Crippen LogP contribution < -0.4 is 10.2 Å². The number of carbonyl (C=O) groups excluding carboxylic acids is 3. The number of urea groups is 1. The normalized spacial score (nSPS) is 15.2. The lowest BCUT2D eigenvalue weighted by molar-refractivity contribution is -0.122.